The Hall–Kier alpha value is 3.58. The molecule has 0 radical (unpaired) electrons. The van der Waals surface area contributed by atoms with Gasteiger partial charge in [0.1, 0.15) is 0 Å². The summed E-state index contributed by atoms with van der Waals surface area (Å²) in [5.41, 5.74) is 0. The minimum atomic E-state index is -2.33. The maximum Gasteiger partial charge on any atom is 4.00 e. The van der Waals surface area contributed by atoms with Gasteiger partial charge in [-0.2, -0.15) is 0 Å². The summed E-state index contributed by atoms with van der Waals surface area (Å²) in [5.74, 6) is 0. The first-order chi connectivity index (χ1) is 3.46. The Morgan fingerprint density at radius 2 is 0.667 bits per heavy atom. The average molecular weight is 381 g/mol. The van der Waals surface area contributed by atoms with Crippen LogP contribution in [0.3, 0.4) is 0 Å². The first kappa shape index (κ1) is 36.1. The van der Waals surface area contributed by atoms with E-state index in [4.69, 9.17) is 30.0 Å². The number of carbonyl (C=O) groups is 2. The molecule has 10 heteroatoms. The van der Waals surface area contributed by atoms with Gasteiger partial charge in [-0.15, -0.1) is 0 Å². The Kier molecular flexibility index (Phi) is 88.1. The molecular weight excluding hydrogens is 381 g/mol. The van der Waals surface area contributed by atoms with Crippen LogP contribution in [0, 0.1) is 0 Å². The van der Waals surface area contributed by atoms with Crippen molar-refractivity contribution in [1.29, 1.82) is 0 Å². The zero-order valence-electron chi connectivity index (χ0n) is 6.45. The van der Waals surface area contributed by atoms with E-state index >= 15 is 0 Å². The fourth-order valence-electron chi connectivity index (χ4n) is 0. The van der Waals surface area contributed by atoms with Crippen LogP contribution in [-0.2, 0) is 52.4 Å². The van der Waals surface area contributed by atoms with Crippen molar-refractivity contribution in [2.45, 2.75) is 0 Å². The molecule has 0 rings (SSSR count). The Morgan fingerprint density at radius 3 is 0.667 bits per heavy atom. The quantitative estimate of drug-likeness (QED) is 0.384. The van der Waals surface area contributed by atoms with Gasteiger partial charge in [0.2, 0.25) is 0 Å². The van der Waals surface area contributed by atoms with E-state index in [2.05, 4.69) is 0 Å². The number of carboxylic acid groups (broad SMARTS) is 4. The van der Waals surface area contributed by atoms with Crippen LogP contribution in [0.5, 0.6) is 0 Å². The molecule has 12 heavy (non-hydrogen) atoms. The Bertz CT molecular complexity index is 79.5. The molecule has 0 aliphatic carbocycles. The van der Waals surface area contributed by atoms with E-state index in [-0.39, 0.29) is 155 Å². The molecule has 0 aliphatic heterocycles. The smallest absolute Gasteiger partial charge is 0.652 e. The first-order valence-corrected chi connectivity index (χ1v) is 1.22. The van der Waals surface area contributed by atoms with Gasteiger partial charge in [-0.25, -0.2) is 0 Å². The summed E-state index contributed by atoms with van der Waals surface area (Å²) in [6.07, 6.45) is -4.67. The molecule has 0 atom stereocenters. The molecule has 0 heterocycles. The number of hydrogen-bond donors (Lipinski definition) is 0. The van der Waals surface area contributed by atoms with E-state index in [1.54, 1.807) is 0 Å². The molecule has 0 aromatic heterocycles. The minimum absolute atomic E-state index is 0. The maximum atomic E-state index is 8.33. The molecule has 6 nitrogen and oxygen atoms in total. The van der Waals surface area contributed by atoms with Crippen molar-refractivity contribution in [2.75, 3.05) is 0 Å². The van der Waals surface area contributed by atoms with E-state index in [9.17, 15) is 0 Å². The van der Waals surface area contributed by atoms with Crippen LogP contribution < -0.4 is 123 Å². The average Bonchev–Trinajstić information content (AvgIpc) is 1.25. The van der Waals surface area contributed by atoms with Crippen molar-refractivity contribution < 1.29 is 185 Å². The molecule has 0 saturated heterocycles. The van der Waals surface area contributed by atoms with Gasteiger partial charge in [0, 0.05) is 0 Å². The summed E-state index contributed by atoms with van der Waals surface area (Å²) in [5, 5.41) is 33.3. The van der Waals surface area contributed by atoms with Crippen LogP contribution in [0.1, 0.15) is 0 Å². The minimum Gasteiger partial charge on any atom is -0.652 e. The number of rotatable bonds is 0. The SMILES string of the molecule is O=C([O-])[O-].O=C([O-])[O-].[K+].[K+].[Zr+4].[Zr+4]. The molecule has 0 aromatic carbocycles. The van der Waals surface area contributed by atoms with E-state index < -0.39 is 12.3 Å². The summed E-state index contributed by atoms with van der Waals surface area (Å²) < 4.78 is 0. The summed E-state index contributed by atoms with van der Waals surface area (Å²) in [6.45, 7) is 0. The topological polar surface area (TPSA) is 126 Å². The normalized spacial score (nSPS) is 4.00. The molecule has 0 spiro atoms. The van der Waals surface area contributed by atoms with E-state index in [0.29, 0.717) is 0 Å². The van der Waals surface area contributed by atoms with Crippen LogP contribution in [0.15, 0.2) is 0 Å². The predicted molar refractivity (Wildman–Crippen MR) is 10.8 cm³/mol. The third-order valence-corrected chi connectivity index (χ3v) is 0. The molecular formula is C2K2O6Zr2+6. The van der Waals surface area contributed by atoms with Crippen LogP contribution in [0.2, 0.25) is 0 Å². The van der Waals surface area contributed by atoms with Gasteiger partial charge in [0.05, 0.1) is 0 Å². The molecule has 0 fully saturated rings. The largest absolute Gasteiger partial charge is 4.00 e. The van der Waals surface area contributed by atoms with E-state index in [0.717, 1.165) is 0 Å². The summed E-state index contributed by atoms with van der Waals surface area (Å²) in [4.78, 5) is 16.7. The van der Waals surface area contributed by atoms with Crippen LogP contribution in [0.25, 0.3) is 0 Å². The van der Waals surface area contributed by atoms with Gasteiger partial charge in [-0.1, -0.05) is 0 Å². The van der Waals surface area contributed by atoms with Crippen LogP contribution in [0.4, 0.5) is 9.59 Å². The van der Waals surface area contributed by atoms with Gasteiger partial charge >= 0.3 is 155 Å². The number of carbonyl (C=O) groups excluding carboxylic acids is 2. The molecule has 0 bridgehead atoms. The van der Waals surface area contributed by atoms with Crippen LogP contribution >= 0.6 is 0 Å². The van der Waals surface area contributed by atoms with Gasteiger partial charge < -0.3 is 30.0 Å². The van der Waals surface area contributed by atoms with Crippen molar-refractivity contribution >= 4 is 12.3 Å². The first-order valence-electron chi connectivity index (χ1n) is 1.22. The molecule has 0 unspecified atom stereocenters. The van der Waals surface area contributed by atoms with Crippen LogP contribution in [-0.4, -0.2) is 12.3 Å². The molecule has 0 aromatic rings. The van der Waals surface area contributed by atoms with E-state index in [1.165, 1.54) is 0 Å². The fourth-order valence-corrected chi connectivity index (χ4v) is 0. The second-order valence-electron chi connectivity index (χ2n) is 0.500. The van der Waals surface area contributed by atoms with Crippen molar-refractivity contribution in [1.82, 2.24) is 0 Å². The van der Waals surface area contributed by atoms with Crippen molar-refractivity contribution in [3.8, 4) is 0 Å². The Morgan fingerprint density at radius 1 is 0.667 bits per heavy atom. The van der Waals surface area contributed by atoms with Crippen molar-refractivity contribution in [2.24, 2.45) is 0 Å². The van der Waals surface area contributed by atoms with Gasteiger partial charge in [0.25, 0.3) is 0 Å². The maximum absolute atomic E-state index is 8.33. The fraction of sp³-hybridized carbons (Fsp3) is 0. The summed E-state index contributed by atoms with van der Waals surface area (Å²) >= 11 is 0. The van der Waals surface area contributed by atoms with Gasteiger partial charge in [-0.05, 0) is 12.3 Å². The molecule has 0 N–H and O–H groups in total. The molecule has 48 valence electrons. The number of hydrogen-bond acceptors (Lipinski definition) is 6. The zero-order valence-corrected chi connectivity index (χ0v) is 17.6. The molecule has 0 aliphatic rings. The van der Waals surface area contributed by atoms with E-state index in [1.807, 2.05) is 0 Å². The van der Waals surface area contributed by atoms with Crippen molar-refractivity contribution in [3.05, 3.63) is 0 Å². The van der Waals surface area contributed by atoms with Crippen molar-refractivity contribution in [3.63, 3.8) is 0 Å². The van der Waals surface area contributed by atoms with Gasteiger partial charge in [0.15, 0.2) is 0 Å². The predicted octanol–water partition coefficient (Wildman–Crippen LogP) is -10.9. The zero-order chi connectivity index (χ0) is 7.15. The second-order valence-corrected chi connectivity index (χ2v) is 0.500. The van der Waals surface area contributed by atoms with Gasteiger partial charge in [-0.3, -0.25) is 0 Å². The monoisotopic (exact) mass is 378 g/mol. The molecule has 0 amide bonds. The molecule has 0 saturated carbocycles. The Balaban J connectivity index is -0.0000000112. The summed E-state index contributed by atoms with van der Waals surface area (Å²) in [7, 11) is 0. The third kappa shape index (κ3) is 168. The standard InChI is InChI=1S/2CH2O3.2K.2Zr/c2*2-1(3)4;;;;/h2*(H2,2,3,4);;;;/q;;2*+1;2*+4/p-4. The summed E-state index contributed by atoms with van der Waals surface area (Å²) in [6, 6.07) is 0. The third-order valence-electron chi connectivity index (χ3n) is 0. The second kappa shape index (κ2) is 29.3. The Labute approximate surface area is 192 Å².